The number of fused-ring (bicyclic) bond motifs is 1. The molecule has 1 amide bonds. The summed E-state index contributed by atoms with van der Waals surface area (Å²) in [5.41, 5.74) is 4.56. The summed E-state index contributed by atoms with van der Waals surface area (Å²) in [4.78, 5) is 32.9. The van der Waals surface area contributed by atoms with Gasteiger partial charge >= 0.3 is 0 Å². The van der Waals surface area contributed by atoms with E-state index in [0.29, 0.717) is 22.8 Å². The molecule has 0 unspecified atom stereocenters. The second kappa shape index (κ2) is 9.53. The first kappa shape index (κ1) is 22.0. The number of para-hydroxylation sites is 4. The normalized spacial score (nSPS) is 11.3. The number of aromatic amines is 1. The number of ketones is 1. The van der Waals surface area contributed by atoms with Crippen LogP contribution >= 0.6 is 0 Å². The Balaban J connectivity index is 1.56. The summed E-state index contributed by atoms with van der Waals surface area (Å²) in [6, 6.07) is 20.3. The molecule has 0 atom stereocenters. The third kappa shape index (κ3) is 4.85. The van der Waals surface area contributed by atoms with Crippen LogP contribution in [0.1, 0.15) is 51.9 Å². The number of aromatic nitrogens is 2. The van der Waals surface area contributed by atoms with Gasteiger partial charge < -0.3 is 15.0 Å². The molecule has 0 aliphatic carbocycles. The molecule has 3 aromatic carbocycles. The van der Waals surface area contributed by atoms with Gasteiger partial charge in [0.05, 0.1) is 23.8 Å². The van der Waals surface area contributed by atoms with E-state index < -0.39 is 0 Å². The third-order valence-corrected chi connectivity index (χ3v) is 5.36. The van der Waals surface area contributed by atoms with Crippen molar-refractivity contribution in [2.75, 3.05) is 12.4 Å². The second-order valence-corrected chi connectivity index (χ2v) is 7.95. The minimum Gasteiger partial charge on any atom is -0.495 e. The molecule has 33 heavy (non-hydrogen) atoms. The Morgan fingerprint density at radius 2 is 1.79 bits per heavy atom. The molecule has 0 aliphatic rings. The van der Waals surface area contributed by atoms with Crippen LogP contribution in [0.3, 0.4) is 0 Å². The number of carbonyl (C=O) groups is 2. The largest absolute Gasteiger partial charge is 0.495 e. The van der Waals surface area contributed by atoms with Crippen molar-refractivity contribution in [2.24, 2.45) is 0 Å². The number of ether oxygens (including phenoxy) is 1. The molecule has 0 bridgehead atoms. The number of H-pyrrole nitrogens is 1. The minimum atomic E-state index is -0.227. The Bertz CT molecular complexity index is 1320. The molecule has 0 spiro atoms. The Morgan fingerprint density at radius 3 is 2.55 bits per heavy atom. The van der Waals surface area contributed by atoms with E-state index in [2.05, 4.69) is 29.1 Å². The number of hydrogen-bond acceptors (Lipinski definition) is 4. The van der Waals surface area contributed by atoms with Crippen LogP contribution in [0.5, 0.6) is 5.75 Å². The number of nitrogens with zero attached hydrogens (tertiary/aromatic N) is 1. The molecule has 0 saturated carbocycles. The first-order valence-electron chi connectivity index (χ1n) is 10.7. The van der Waals surface area contributed by atoms with E-state index in [4.69, 9.17) is 4.74 Å². The number of nitrogens with one attached hydrogen (secondary N) is 2. The Labute approximate surface area is 192 Å². The number of carbonyl (C=O) groups excluding carboxylic acids is 2. The SMILES string of the molecule is COc1ccccc1NC(=O)c1ccc(C=CC(=O)c2nc3ccccc3[nH]2)c(C(C)C)c1. The number of amides is 1. The number of rotatable bonds is 7. The zero-order valence-corrected chi connectivity index (χ0v) is 18.8. The van der Waals surface area contributed by atoms with Crippen LogP contribution in [-0.4, -0.2) is 28.8 Å². The van der Waals surface area contributed by atoms with Gasteiger partial charge in [0.15, 0.2) is 5.82 Å². The van der Waals surface area contributed by atoms with Gasteiger partial charge in [0.2, 0.25) is 5.78 Å². The number of hydrogen-bond donors (Lipinski definition) is 2. The van der Waals surface area contributed by atoms with E-state index in [9.17, 15) is 9.59 Å². The first-order chi connectivity index (χ1) is 16.0. The van der Waals surface area contributed by atoms with Gasteiger partial charge in [-0.05, 0) is 59.5 Å². The molecule has 0 aliphatic heterocycles. The molecule has 166 valence electrons. The molecule has 1 aromatic heterocycles. The molecule has 2 N–H and O–H groups in total. The molecule has 0 fully saturated rings. The van der Waals surface area contributed by atoms with Crippen molar-refractivity contribution in [2.45, 2.75) is 19.8 Å². The summed E-state index contributed by atoms with van der Waals surface area (Å²) in [6.45, 7) is 4.10. The van der Waals surface area contributed by atoms with Gasteiger partial charge in [-0.25, -0.2) is 4.98 Å². The lowest BCUT2D eigenvalue weighted by Gasteiger charge is -2.14. The summed E-state index contributed by atoms with van der Waals surface area (Å²) in [6.07, 6.45) is 3.28. The van der Waals surface area contributed by atoms with E-state index in [1.807, 2.05) is 48.5 Å². The Kier molecular flexibility index (Phi) is 6.36. The van der Waals surface area contributed by atoms with Crippen molar-refractivity contribution in [3.8, 4) is 5.75 Å². The second-order valence-electron chi connectivity index (χ2n) is 7.95. The predicted octanol–water partition coefficient (Wildman–Crippen LogP) is 5.84. The van der Waals surface area contributed by atoms with E-state index in [-0.39, 0.29) is 17.6 Å². The highest BCUT2D eigenvalue weighted by Gasteiger charge is 2.14. The molecule has 6 nitrogen and oxygen atoms in total. The van der Waals surface area contributed by atoms with Gasteiger partial charge in [-0.15, -0.1) is 0 Å². The van der Waals surface area contributed by atoms with Gasteiger partial charge in [-0.1, -0.05) is 50.3 Å². The number of anilines is 1. The van der Waals surface area contributed by atoms with E-state index in [0.717, 1.165) is 22.2 Å². The van der Waals surface area contributed by atoms with Crippen LogP contribution in [0, 0.1) is 0 Å². The molecule has 6 heteroatoms. The summed E-state index contributed by atoms with van der Waals surface area (Å²) in [5.74, 6) is 0.615. The standard InChI is InChI=1S/C27H25N3O3/c1-17(2)20-16-19(27(32)30-23-10-6-7-11-25(23)33-3)13-12-18(20)14-15-24(31)26-28-21-8-4-5-9-22(21)29-26/h4-17H,1-3H3,(H,28,29)(H,30,32). The zero-order chi connectivity index (χ0) is 23.4. The monoisotopic (exact) mass is 439 g/mol. The minimum absolute atomic E-state index is 0.157. The fraction of sp³-hybridized carbons (Fsp3) is 0.148. The van der Waals surface area contributed by atoms with Gasteiger partial charge in [-0.2, -0.15) is 0 Å². The average Bonchev–Trinajstić information content (AvgIpc) is 3.27. The highest BCUT2D eigenvalue weighted by atomic mass is 16.5. The fourth-order valence-corrected chi connectivity index (χ4v) is 3.62. The maximum atomic E-state index is 12.9. The number of methoxy groups -OCH3 is 1. The van der Waals surface area contributed by atoms with Crippen LogP contribution < -0.4 is 10.1 Å². The molecule has 1 heterocycles. The molecule has 0 radical (unpaired) electrons. The first-order valence-corrected chi connectivity index (χ1v) is 10.7. The van der Waals surface area contributed by atoms with Crippen molar-refractivity contribution < 1.29 is 14.3 Å². The summed E-state index contributed by atoms with van der Waals surface area (Å²) < 4.78 is 5.31. The highest BCUT2D eigenvalue weighted by molar-refractivity contribution is 6.07. The van der Waals surface area contributed by atoms with Crippen molar-refractivity contribution >= 4 is 34.5 Å². The maximum absolute atomic E-state index is 12.9. The fourth-order valence-electron chi connectivity index (χ4n) is 3.62. The predicted molar refractivity (Wildman–Crippen MR) is 131 cm³/mol. The van der Waals surface area contributed by atoms with Crippen LogP contribution in [0.25, 0.3) is 17.1 Å². The lowest BCUT2D eigenvalue weighted by Crippen LogP contribution is -2.13. The Morgan fingerprint density at radius 1 is 1.03 bits per heavy atom. The smallest absolute Gasteiger partial charge is 0.255 e. The van der Waals surface area contributed by atoms with Gasteiger partial charge in [-0.3, -0.25) is 9.59 Å². The average molecular weight is 440 g/mol. The van der Waals surface area contributed by atoms with Crippen LogP contribution in [-0.2, 0) is 0 Å². The van der Waals surface area contributed by atoms with Gasteiger partial charge in [0, 0.05) is 5.56 Å². The highest BCUT2D eigenvalue weighted by Crippen LogP contribution is 2.26. The Hall–Kier alpha value is -4.19. The number of allylic oxidation sites excluding steroid dienone is 1. The van der Waals surface area contributed by atoms with Crippen LogP contribution in [0.4, 0.5) is 5.69 Å². The van der Waals surface area contributed by atoms with E-state index >= 15 is 0 Å². The lowest BCUT2D eigenvalue weighted by molar-refractivity contribution is 0.102. The van der Waals surface area contributed by atoms with Crippen LogP contribution in [0.15, 0.2) is 72.8 Å². The van der Waals surface area contributed by atoms with Crippen molar-refractivity contribution in [1.82, 2.24) is 9.97 Å². The number of imidazole rings is 1. The van der Waals surface area contributed by atoms with Crippen molar-refractivity contribution in [3.05, 3.63) is 95.3 Å². The quantitative estimate of drug-likeness (QED) is 0.280. The summed E-state index contributed by atoms with van der Waals surface area (Å²) in [5, 5.41) is 2.90. The topological polar surface area (TPSA) is 84.1 Å². The number of benzene rings is 3. The maximum Gasteiger partial charge on any atom is 0.255 e. The van der Waals surface area contributed by atoms with E-state index in [1.54, 1.807) is 31.4 Å². The molecular formula is C27H25N3O3. The molecule has 0 saturated heterocycles. The molecule has 4 rings (SSSR count). The summed E-state index contributed by atoms with van der Waals surface area (Å²) >= 11 is 0. The lowest BCUT2D eigenvalue weighted by atomic mass is 9.94. The van der Waals surface area contributed by atoms with E-state index in [1.165, 1.54) is 6.08 Å². The zero-order valence-electron chi connectivity index (χ0n) is 18.8. The van der Waals surface area contributed by atoms with Gasteiger partial charge in [0.25, 0.3) is 5.91 Å². The van der Waals surface area contributed by atoms with Crippen molar-refractivity contribution in [1.29, 1.82) is 0 Å². The molecule has 4 aromatic rings. The van der Waals surface area contributed by atoms with Crippen molar-refractivity contribution in [3.63, 3.8) is 0 Å². The van der Waals surface area contributed by atoms with Crippen LogP contribution in [0.2, 0.25) is 0 Å². The third-order valence-electron chi connectivity index (χ3n) is 5.36. The molecular weight excluding hydrogens is 414 g/mol. The van der Waals surface area contributed by atoms with Gasteiger partial charge in [0.1, 0.15) is 5.75 Å². The summed E-state index contributed by atoms with van der Waals surface area (Å²) in [7, 11) is 1.57.